The molecule has 2 N–H and O–H groups in total. The van der Waals surface area contributed by atoms with Crippen molar-refractivity contribution < 1.29 is 9.90 Å². The predicted octanol–water partition coefficient (Wildman–Crippen LogP) is 4.48. The second kappa shape index (κ2) is 8.11. The molecule has 1 unspecified atom stereocenters. The number of hydrogen-bond acceptors (Lipinski definition) is 5. The van der Waals surface area contributed by atoms with E-state index in [1.165, 1.54) is 5.01 Å². The normalized spacial score (nSPS) is 15.6. The van der Waals surface area contributed by atoms with E-state index >= 15 is 0 Å². The fraction of sp³-hybridized carbons (Fsp3) is 0.120. The number of para-hydroxylation sites is 1. The molecule has 0 saturated carbocycles. The topological polar surface area (TPSA) is 94.5 Å². The van der Waals surface area contributed by atoms with Crippen molar-refractivity contribution in [2.45, 2.75) is 19.4 Å². The van der Waals surface area contributed by atoms with Crippen LogP contribution in [0.15, 0.2) is 84.2 Å². The zero-order chi connectivity index (χ0) is 22.1. The number of rotatable bonds is 4. The van der Waals surface area contributed by atoms with E-state index in [-0.39, 0.29) is 11.7 Å². The summed E-state index contributed by atoms with van der Waals surface area (Å²) in [4.78, 5) is 17.6. The van der Waals surface area contributed by atoms with Crippen molar-refractivity contribution in [1.82, 2.24) is 20.2 Å². The number of aromatic hydroxyl groups is 1. The third kappa shape index (κ3) is 3.65. The Kier molecular flexibility index (Phi) is 4.99. The lowest BCUT2D eigenvalue weighted by Gasteiger charge is -2.22. The quantitative estimate of drug-likeness (QED) is 0.506. The zero-order valence-electron chi connectivity index (χ0n) is 17.4. The fourth-order valence-corrected chi connectivity index (χ4v) is 3.92. The van der Waals surface area contributed by atoms with Gasteiger partial charge in [0.25, 0.3) is 5.91 Å². The number of carbonyl (C=O) groups is 1. The van der Waals surface area contributed by atoms with Crippen LogP contribution in [0.2, 0.25) is 0 Å². The van der Waals surface area contributed by atoms with Crippen LogP contribution in [0.5, 0.6) is 5.75 Å². The maximum atomic E-state index is 13.5. The summed E-state index contributed by atoms with van der Waals surface area (Å²) in [6, 6.07) is 20.0. The number of pyridine rings is 1. The van der Waals surface area contributed by atoms with E-state index in [0.717, 1.165) is 22.4 Å². The van der Waals surface area contributed by atoms with Gasteiger partial charge < -0.3 is 5.11 Å². The minimum atomic E-state index is -0.440. The highest BCUT2D eigenvalue weighted by Gasteiger charge is 2.35. The molecule has 0 saturated heterocycles. The van der Waals surface area contributed by atoms with E-state index in [9.17, 15) is 9.90 Å². The number of nitrogens with one attached hydrogen (secondary N) is 1. The Bertz CT molecular complexity index is 1310. The highest BCUT2D eigenvalue weighted by atomic mass is 16.3. The van der Waals surface area contributed by atoms with Crippen LogP contribution < -0.4 is 0 Å². The molecule has 7 heteroatoms. The summed E-state index contributed by atoms with van der Waals surface area (Å²) in [5, 5.41) is 23.7. The standard InChI is InChI=1S/C25H21N5O2/c1-16-6-4-7-17(12-16)20-13-22(28-27-20)25(32)30-23(19-9-2-3-10-24(19)31)14-21(29-30)18-8-5-11-26-15-18/h2-13,15,23,31H,14H2,1H3,(H,27,28). The Balaban J connectivity index is 1.52. The first-order valence-corrected chi connectivity index (χ1v) is 10.3. The Morgan fingerprint density at radius 3 is 2.69 bits per heavy atom. The Morgan fingerprint density at radius 1 is 1.06 bits per heavy atom. The molecule has 0 fully saturated rings. The molecule has 2 aromatic carbocycles. The molecule has 7 nitrogen and oxygen atoms in total. The summed E-state index contributed by atoms with van der Waals surface area (Å²) >= 11 is 0. The average molecular weight is 423 g/mol. The Morgan fingerprint density at radius 2 is 1.91 bits per heavy atom. The van der Waals surface area contributed by atoms with Gasteiger partial charge in [-0.15, -0.1) is 0 Å². The van der Waals surface area contributed by atoms with Crippen molar-refractivity contribution in [3.63, 3.8) is 0 Å². The van der Waals surface area contributed by atoms with Crippen LogP contribution in [0, 0.1) is 6.92 Å². The molecule has 158 valence electrons. The highest BCUT2D eigenvalue weighted by molar-refractivity contribution is 6.04. The first-order chi connectivity index (χ1) is 15.6. The van der Waals surface area contributed by atoms with Crippen molar-refractivity contribution in [3.8, 4) is 17.0 Å². The van der Waals surface area contributed by atoms with Gasteiger partial charge in [0.15, 0.2) is 0 Å². The molecule has 0 bridgehead atoms. The summed E-state index contributed by atoms with van der Waals surface area (Å²) < 4.78 is 0. The SMILES string of the molecule is Cc1cccc(-c2cc(C(=O)N3N=C(c4cccnc4)CC3c3ccccc3O)[nH]n2)c1. The average Bonchev–Trinajstić information content (AvgIpc) is 3.48. The van der Waals surface area contributed by atoms with Crippen molar-refractivity contribution in [1.29, 1.82) is 0 Å². The molecular weight excluding hydrogens is 402 g/mol. The van der Waals surface area contributed by atoms with Gasteiger partial charge >= 0.3 is 0 Å². The van der Waals surface area contributed by atoms with Crippen LogP contribution in [0.4, 0.5) is 0 Å². The number of hydrogen-bond donors (Lipinski definition) is 2. The van der Waals surface area contributed by atoms with Crippen molar-refractivity contribution >= 4 is 11.6 Å². The molecule has 5 rings (SSSR count). The smallest absolute Gasteiger partial charge is 0.292 e. The van der Waals surface area contributed by atoms with E-state index in [4.69, 9.17) is 0 Å². The number of aromatic nitrogens is 3. The number of aromatic amines is 1. The van der Waals surface area contributed by atoms with E-state index in [2.05, 4.69) is 20.3 Å². The lowest BCUT2D eigenvalue weighted by atomic mass is 9.98. The number of nitrogens with zero attached hydrogens (tertiary/aromatic N) is 4. The monoisotopic (exact) mass is 423 g/mol. The third-order valence-electron chi connectivity index (χ3n) is 5.53. The molecule has 1 amide bonds. The van der Waals surface area contributed by atoms with Crippen LogP contribution in [0.25, 0.3) is 11.3 Å². The second-order valence-corrected chi connectivity index (χ2v) is 7.75. The summed E-state index contributed by atoms with van der Waals surface area (Å²) in [6.45, 7) is 2.01. The predicted molar refractivity (Wildman–Crippen MR) is 121 cm³/mol. The van der Waals surface area contributed by atoms with Gasteiger partial charge in [0, 0.05) is 35.5 Å². The highest BCUT2D eigenvalue weighted by Crippen LogP contribution is 2.37. The first-order valence-electron chi connectivity index (χ1n) is 10.3. The number of aryl methyl sites for hydroxylation is 1. The van der Waals surface area contributed by atoms with Gasteiger partial charge in [0.2, 0.25) is 0 Å². The maximum absolute atomic E-state index is 13.5. The molecular formula is C25H21N5O2. The number of benzene rings is 2. The van der Waals surface area contributed by atoms with Gasteiger partial charge in [-0.25, -0.2) is 5.01 Å². The lowest BCUT2D eigenvalue weighted by Crippen LogP contribution is -2.27. The Labute approximate surface area is 185 Å². The van der Waals surface area contributed by atoms with E-state index < -0.39 is 6.04 Å². The maximum Gasteiger partial charge on any atom is 0.292 e. The van der Waals surface area contributed by atoms with Crippen LogP contribution in [0.1, 0.15) is 39.6 Å². The molecule has 4 aromatic rings. The molecule has 0 radical (unpaired) electrons. The third-order valence-corrected chi connectivity index (χ3v) is 5.53. The van der Waals surface area contributed by atoms with Gasteiger partial charge in [-0.1, -0.05) is 48.0 Å². The lowest BCUT2D eigenvalue weighted by molar-refractivity contribution is 0.0703. The van der Waals surface area contributed by atoms with Crippen LogP contribution >= 0.6 is 0 Å². The number of phenols is 1. The first kappa shape index (κ1) is 19.7. The van der Waals surface area contributed by atoms with Gasteiger partial charge in [0.05, 0.1) is 17.4 Å². The number of carbonyl (C=O) groups excluding carboxylic acids is 1. The Hall–Kier alpha value is -4.26. The summed E-state index contributed by atoms with van der Waals surface area (Å²) in [7, 11) is 0. The summed E-state index contributed by atoms with van der Waals surface area (Å²) in [5.41, 5.74) is 5.28. The van der Waals surface area contributed by atoms with Crippen molar-refractivity contribution in [2.75, 3.05) is 0 Å². The fourth-order valence-electron chi connectivity index (χ4n) is 3.92. The molecule has 2 aromatic heterocycles. The van der Waals surface area contributed by atoms with Crippen LogP contribution in [0.3, 0.4) is 0 Å². The van der Waals surface area contributed by atoms with E-state index in [0.29, 0.717) is 23.4 Å². The second-order valence-electron chi connectivity index (χ2n) is 7.75. The number of phenolic OH excluding ortho intramolecular Hbond substituents is 1. The summed E-state index contributed by atoms with van der Waals surface area (Å²) in [5.74, 6) is -0.188. The van der Waals surface area contributed by atoms with Crippen LogP contribution in [-0.4, -0.2) is 36.9 Å². The number of amides is 1. The zero-order valence-corrected chi connectivity index (χ0v) is 17.4. The minimum Gasteiger partial charge on any atom is -0.508 e. The van der Waals surface area contributed by atoms with Gasteiger partial charge in [-0.2, -0.15) is 10.2 Å². The van der Waals surface area contributed by atoms with Crippen molar-refractivity contribution in [2.24, 2.45) is 5.10 Å². The molecule has 3 heterocycles. The number of hydrazone groups is 1. The molecule has 0 aliphatic carbocycles. The molecule has 1 aliphatic rings. The molecule has 1 aliphatic heterocycles. The molecule has 32 heavy (non-hydrogen) atoms. The summed E-state index contributed by atoms with van der Waals surface area (Å²) in [6.07, 6.45) is 3.88. The van der Waals surface area contributed by atoms with Gasteiger partial charge in [-0.05, 0) is 31.2 Å². The largest absolute Gasteiger partial charge is 0.508 e. The van der Waals surface area contributed by atoms with E-state index in [1.54, 1.807) is 30.6 Å². The number of H-pyrrole nitrogens is 1. The van der Waals surface area contributed by atoms with Crippen LogP contribution in [-0.2, 0) is 0 Å². The van der Waals surface area contributed by atoms with Gasteiger partial charge in [0.1, 0.15) is 11.4 Å². The minimum absolute atomic E-state index is 0.128. The van der Waals surface area contributed by atoms with E-state index in [1.807, 2.05) is 55.5 Å². The van der Waals surface area contributed by atoms with Crippen molar-refractivity contribution in [3.05, 3.63) is 102 Å². The molecule has 0 spiro atoms. The molecule has 1 atom stereocenters. The van der Waals surface area contributed by atoms with Gasteiger partial charge in [-0.3, -0.25) is 14.9 Å².